The Morgan fingerprint density at radius 3 is 2.70 bits per heavy atom. The number of carbonyl (C=O) groups is 1. The molecule has 0 bridgehead atoms. The molecule has 8 nitrogen and oxygen atoms in total. The lowest BCUT2D eigenvalue weighted by Crippen LogP contribution is -2.03. The molecule has 3 rings (SSSR count). The minimum atomic E-state index is -0.823. The average Bonchev–Trinajstić information content (AvgIpc) is 3.23. The molecule has 2 heterocycles. The number of hydrogen-bond acceptors (Lipinski definition) is 7. The summed E-state index contributed by atoms with van der Waals surface area (Å²) in [4.78, 5) is 21.5. The SMILES string of the molecule is O=C(OCc1cc(-c2ccccc2)no1)c1ccc([N+](=O)[O-])o1. The Bertz CT molecular complexity index is 837. The minimum Gasteiger partial charge on any atom is -0.452 e. The lowest BCUT2D eigenvalue weighted by molar-refractivity contribution is -0.402. The molecule has 1 aromatic carbocycles. The van der Waals surface area contributed by atoms with E-state index < -0.39 is 16.8 Å². The Labute approximate surface area is 129 Å². The quantitative estimate of drug-likeness (QED) is 0.404. The predicted octanol–water partition coefficient (Wildman–Crippen LogP) is 3.20. The van der Waals surface area contributed by atoms with Gasteiger partial charge in [-0.05, 0) is 6.07 Å². The summed E-state index contributed by atoms with van der Waals surface area (Å²) in [5, 5.41) is 14.4. The van der Waals surface area contributed by atoms with Crippen LogP contribution in [0.3, 0.4) is 0 Å². The summed E-state index contributed by atoms with van der Waals surface area (Å²) in [6.45, 7) is -0.160. The summed E-state index contributed by atoms with van der Waals surface area (Å²) in [6.07, 6.45) is 0. The molecule has 23 heavy (non-hydrogen) atoms. The number of hydrogen-bond donors (Lipinski definition) is 0. The third-order valence-corrected chi connectivity index (χ3v) is 2.95. The number of ether oxygens (including phenoxy) is 1. The van der Waals surface area contributed by atoms with E-state index in [1.165, 1.54) is 6.07 Å². The molecule has 0 amide bonds. The monoisotopic (exact) mass is 314 g/mol. The highest BCUT2D eigenvalue weighted by Crippen LogP contribution is 2.20. The van der Waals surface area contributed by atoms with Gasteiger partial charge < -0.3 is 13.7 Å². The maximum Gasteiger partial charge on any atom is 0.433 e. The van der Waals surface area contributed by atoms with Gasteiger partial charge in [-0.2, -0.15) is 0 Å². The standard InChI is InChI=1S/C15H10N2O6/c18-15(13-6-7-14(22-13)17(19)20)21-9-11-8-12(16-23-11)10-4-2-1-3-5-10/h1-8H,9H2. The second-order valence-corrected chi connectivity index (χ2v) is 4.52. The Balaban J connectivity index is 1.63. The van der Waals surface area contributed by atoms with Crippen LogP contribution in [0, 0.1) is 10.1 Å². The molecule has 0 saturated carbocycles. The van der Waals surface area contributed by atoms with Crippen LogP contribution in [-0.2, 0) is 11.3 Å². The maximum absolute atomic E-state index is 11.7. The van der Waals surface area contributed by atoms with Gasteiger partial charge in [0.15, 0.2) is 12.4 Å². The predicted molar refractivity (Wildman–Crippen MR) is 76.4 cm³/mol. The largest absolute Gasteiger partial charge is 0.452 e. The van der Waals surface area contributed by atoms with Crippen LogP contribution in [0.15, 0.2) is 57.5 Å². The van der Waals surface area contributed by atoms with Crippen molar-refractivity contribution >= 4 is 11.9 Å². The fourth-order valence-corrected chi connectivity index (χ4v) is 1.87. The first-order valence-corrected chi connectivity index (χ1v) is 6.56. The third-order valence-electron chi connectivity index (χ3n) is 2.95. The van der Waals surface area contributed by atoms with Gasteiger partial charge in [0.1, 0.15) is 10.6 Å². The summed E-state index contributed by atoms with van der Waals surface area (Å²) >= 11 is 0. The Morgan fingerprint density at radius 1 is 1.22 bits per heavy atom. The highest BCUT2D eigenvalue weighted by molar-refractivity contribution is 5.86. The van der Waals surface area contributed by atoms with E-state index >= 15 is 0 Å². The van der Waals surface area contributed by atoms with Crippen molar-refractivity contribution in [3.8, 4) is 11.3 Å². The van der Waals surface area contributed by atoms with Crippen LogP contribution in [0.5, 0.6) is 0 Å². The minimum absolute atomic E-state index is 0.160. The number of nitrogens with zero attached hydrogens (tertiary/aromatic N) is 2. The highest BCUT2D eigenvalue weighted by Gasteiger charge is 2.19. The molecule has 8 heteroatoms. The third kappa shape index (κ3) is 3.26. The van der Waals surface area contributed by atoms with Gasteiger partial charge in [-0.1, -0.05) is 35.5 Å². The molecule has 0 radical (unpaired) electrons. The zero-order valence-corrected chi connectivity index (χ0v) is 11.7. The molecule has 0 aliphatic rings. The van der Waals surface area contributed by atoms with E-state index in [2.05, 4.69) is 5.16 Å². The first-order chi connectivity index (χ1) is 11.1. The van der Waals surface area contributed by atoms with Crippen molar-refractivity contribution in [3.63, 3.8) is 0 Å². The number of esters is 1. The van der Waals surface area contributed by atoms with Crippen LogP contribution in [-0.4, -0.2) is 16.0 Å². The number of carbonyl (C=O) groups excluding carboxylic acids is 1. The summed E-state index contributed by atoms with van der Waals surface area (Å²) in [5.74, 6) is -1.25. The molecule has 0 unspecified atom stereocenters. The summed E-state index contributed by atoms with van der Waals surface area (Å²) < 4.78 is 14.8. The van der Waals surface area contributed by atoms with Crippen molar-refractivity contribution in [2.24, 2.45) is 0 Å². The summed E-state index contributed by atoms with van der Waals surface area (Å²) in [5.41, 5.74) is 1.49. The lowest BCUT2D eigenvalue weighted by Gasteiger charge is -1.98. The normalized spacial score (nSPS) is 10.4. The van der Waals surface area contributed by atoms with E-state index in [1.807, 2.05) is 30.3 Å². The number of nitro groups is 1. The van der Waals surface area contributed by atoms with E-state index in [9.17, 15) is 14.9 Å². The zero-order chi connectivity index (χ0) is 16.2. The molecule has 3 aromatic rings. The number of benzene rings is 1. The van der Waals surface area contributed by atoms with E-state index in [0.29, 0.717) is 11.5 Å². The van der Waals surface area contributed by atoms with Crippen molar-refractivity contribution in [1.29, 1.82) is 0 Å². The second-order valence-electron chi connectivity index (χ2n) is 4.52. The van der Waals surface area contributed by atoms with Gasteiger partial charge >= 0.3 is 11.9 Å². The van der Waals surface area contributed by atoms with Crippen LogP contribution >= 0.6 is 0 Å². The van der Waals surface area contributed by atoms with Crippen LogP contribution in [0.1, 0.15) is 16.3 Å². The Hall–Kier alpha value is -3.42. The molecule has 0 saturated heterocycles. The van der Waals surface area contributed by atoms with Crippen molar-refractivity contribution in [2.45, 2.75) is 6.61 Å². The van der Waals surface area contributed by atoms with Crippen LogP contribution in [0.25, 0.3) is 11.3 Å². The van der Waals surface area contributed by atoms with Gasteiger partial charge in [-0.3, -0.25) is 10.1 Å². The summed E-state index contributed by atoms with van der Waals surface area (Å²) in [7, 11) is 0. The average molecular weight is 314 g/mol. The van der Waals surface area contributed by atoms with Gasteiger partial charge in [0.2, 0.25) is 5.76 Å². The van der Waals surface area contributed by atoms with E-state index in [-0.39, 0.29) is 12.4 Å². The topological polar surface area (TPSA) is 109 Å². The Kier molecular flexibility index (Phi) is 3.88. The van der Waals surface area contributed by atoms with Gasteiger partial charge in [-0.15, -0.1) is 0 Å². The zero-order valence-electron chi connectivity index (χ0n) is 11.7. The first-order valence-electron chi connectivity index (χ1n) is 6.56. The van der Waals surface area contributed by atoms with Gasteiger partial charge in [-0.25, -0.2) is 4.79 Å². The molecular formula is C15H10N2O6. The first kappa shape index (κ1) is 14.5. The Morgan fingerprint density at radius 2 is 2.00 bits per heavy atom. The molecule has 0 spiro atoms. The van der Waals surface area contributed by atoms with E-state index in [0.717, 1.165) is 11.6 Å². The maximum atomic E-state index is 11.7. The van der Waals surface area contributed by atoms with Gasteiger partial charge in [0.05, 0.1) is 6.07 Å². The highest BCUT2D eigenvalue weighted by atomic mass is 16.7. The van der Waals surface area contributed by atoms with Crippen LogP contribution in [0.2, 0.25) is 0 Å². The van der Waals surface area contributed by atoms with E-state index in [1.54, 1.807) is 6.07 Å². The number of aromatic nitrogens is 1. The molecule has 2 aromatic heterocycles. The van der Waals surface area contributed by atoms with Crippen molar-refractivity contribution in [3.05, 3.63) is 70.2 Å². The molecule has 0 fully saturated rings. The van der Waals surface area contributed by atoms with Gasteiger partial charge in [0, 0.05) is 11.6 Å². The van der Waals surface area contributed by atoms with Crippen LogP contribution in [0.4, 0.5) is 5.88 Å². The molecule has 0 N–H and O–H groups in total. The number of furan rings is 1. The van der Waals surface area contributed by atoms with E-state index in [4.69, 9.17) is 13.7 Å². The van der Waals surface area contributed by atoms with Gasteiger partial charge in [0.25, 0.3) is 0 Å². The van der Waals surface area contributed by atoms with Crippen molar-refractivity contribution in [1.82, 2.24) is 5.16 Å². The number of rotatable bonds is 5. The summed E-state index contributed by atoms with van der Waals surface area (Å²) in [6, 6.07) is 13.3. The molecule has 0 atom stereocenters. The van der Waals surface area contributed by atoms with Crippen LogP contribution < -0.4 is 0 Å². The smallest absolute Gasteiger partial charge is 0.433 e. The molecular weight excluding hydrogens is 304 g/mol. The fourth-order valence-electron chi connectivity index (χ4n) is 1.87. The molecule has 0 aliphatic carbocycles. The fraction of sp³-hybridized carbons (Fsp3) is 0.0667. The van der Waals surface area contributed by atoms with Crippen molar-refractivity contribution < 1.29 is 23.4 Å². The van der Waals surface area contributed by atoms with Crippen molar-refractivity contribution in [2.75, 3.05) is 0 Å². The molecule has 0 aliphatic heterocycles. The second kappa shape index (κ2) is 6.14. The lowest BCUT2D eigenvalue weighted by atomic mass is 10.1. The molecule has 116 valence electrons.